The van der Waals surface area contributed by atoms with E-state index < -0.39 is 0 Å². The van der Waals surface area contributed by atoms with Gasteiger partial charge in [0.1, 0.15) is 0 Å². The Kier molecular flexibility index (Phi) is 4.83. The van der Waals surface area contributed by atoms with Gasteiger partial charge in [0.2, 0.25) is 11.8 Å². The predicted octanol–water partition coefficient (Wildman–Crippen LogP) is 1.80. The second-order valence-electron chi connectivity index (χ2n) is 6.10. The van der Waals surface area contributed by atoms with Crippen LogP contribution in [0.4, 0.5) is 0 Å². The number of hydrogen-bond acceptors (Lipinski definition) is 2. The molecule has 1 saturated carbocycles. The Morgan fingerprint density at radius 2 is 1.89 bits per heavy atom. The van der Waals surface area contributed by atoms with E-state index in [4.69, 9.17) is 0 Å². The molecule has 0 aromatic rings. The molecule has 19 heavy (non-hydrogen) atoms. The first-order chi connectivity index (χ1) is 9.13. The van der Waals surface area contributed by atoms with Gasteiger partial charge >= 0.3 is 0 Å². The van der Waals surface area contributed by atoms with Crippen LogP contribution < -0.4 is 5.32 Å². The van der Waals surface area contributed by atoms with Crippen molar-refractivity contribution in [2.24, 2.45) is 17.8 Å². The zero-order chi connectivity index (χ0) is 13.8. The summed E-state index contributed by atoms with van der Waals surface area (Å²) in [6.45, 7) is 6.84. The highest BCUT2D eigenvalue weighted by Gasteiger charge is 2.49. The lowest BCUT2D eigenvalue weighted by atomic mass is 9.99. The summed E-state index contributed by atoms with van der Waals surface area (Å²) >= 11 is 0. The van der Waals surface area contributed by atoms with Crippen LogP contribution >= 0.6 is 0 Å². The van der Waals surface area contributed by atoms with Crippen molar-refractivity contribution in [2.45, 2.75) is 46.0 Å². The maximum Gasteiger partial charge on any atom is 0.226 e. The number of likely N-dealkylation sites (tertiary alicyclic amines) is 1. The van der Waals surface area contributed by atoms with E-state index in [0.717, 1.165) is 57.7 Å². The average molecular weight is 266 g/mol. The standard InChI is InChI=1S/C15H26N2O2/c1-3-4-7-16-14(18)12-10-13(12)15(19)17-8-5-11(2)6-9-17/h11-13H,3-10H2,1-2H3,(H,16,18). The van der Waals surface area contributed by atoms with E-state index in [9.17, 15) is 9.59 Å². The molecule has 2 amide bonds. The summed E-state index contributed by atoms with van der Waals surface area (Å²) in [6, 6.07) is 0. The Bertz CT molecular complexity index is 335. The van der Waals surface area contributed by atoms with Crippen LogP contribution in [0.5, 0.6) is 0 Å². The van der Waals surface area contributed by atoms with Crippen molar-refractivity contribution >= 4 is 11.8 Å². The van der Waals surface area contributed by atoms with Gasteiger partial charge in [-0.1, -0.05) is 20.3 Å². The summed E-state index contributed by atoms with van der Waals surface area (Å²) in [7, 11) is 0. The third-order valence-corrected chi connectivity index (χ3v) is 4.37. The smallest absolute Gasteiger partial charge is 0.226 e. The van der Waals surface area contributed by atoms with E-state index in [-0.39, 0.29) is 23.7 Å². The number of hydrogen-bond donors (Lipinski definition) is 1. The van der Waals surface area contributed by atoms with Gasteiger partial charge in [0.05, 0.1) is 11.8 Å². The van der Waals surface area contributed by atoms with Gasteiger partial charge < -0.3 is 10.2 Å². The molecule has 2 atom stereocenters. The quantitative estimate of drug-likeness (QED) is 0.771. The fourth-order valence-corrected chi connectivity index (χ4v) is 2.74. The van der Waals surface area contributed by atoms with Crippen molar-refractivity contribution in [1.29, 1.82) is 0 Å². The number of rotatable bonds is 5. The van der Waals surface area contributed by atoms with Crippen LogP contribution in [0, 0.1) is 17.8 Å². The third-order valence-electron chi connectivity index (χ3n) is 4.37. The lowest BCUT2D eigenvalue weighted by Gasteiger charge is -2.30. The van der Waals surface area contributed by atoms with Gasteiger partial charge in [0.15, 0.2) is 0 Å². The molecular formula is C15H26N2O2. The minimum absolute atomic E-state index is 0.0324. The van der Waals surface area contributed by atoms with Gasteiger partial charge in [-0.25, -0.2) is 0 Å². The van der Waals surface area contributed by atoms with Crippen LogP contribution in [0.25, 0.3) is 0 Å². The summed E-state index contributed by atoms with van der Waals surface area (Å²) in [5.74, 6) is 0.940. The van der Waals surface area contributed by atoms with Gasteiger partial charge in [-0.05, 0) is 31.6 Å². The highest BCUT2D eigenvalue weighted by Crippen LogP contribution is 2.40. The topological polar surface area (TPSA) is 49.4 Å². The first kappa shape index (κ1) is 14.4. The molecule has 2 unspecified atom stereocenters. The van der Waals surface area contributed by atoms with Gasteiger partial charge in [0, 0.05) is 19.6 Å². The van der Waals surface area contributed by atoms with Crippen molar-refractivity contribution in [2.75, 3.05) is 19.6 Å². The van der Waals surface area contributed by atoms with Crippen molar-refractivity contribution in [3.63, 3.8) is 0 Å². The minimum Gasteiger partial charge on any atom is -0.356 e. The molecule has 4 nitrogen and oxygen atoms in total. The molecule has 2 rings (SSSR count). The Labute approximate surface area is 115 Å². The molecule has 0 bridgehead atoms. The fraction of sp³-hybridized carbons (Fsp3) is 0.867. The van der Waals surface area contributed by atoms with Crippen molar-refractivity contribution in [1.82, 2.24) is 10.2 Å². The first-order valence-corrected chi connectivity index (χ1v) is 7.70. The maximum atomic E-state index is 12.3. The van der Waals surface area contributed by atoms with Crippen LogP contribution in [-0.2, 0) is 9.59 Å². The molecule has 0 spiro atoms. The number of nitrogens with zero attached hydrogens (tertiary/aromatic N) is 1. The van der Waals surface area contributed by atoms with E-state index in [1.54, 1.807) is 0 Å². The number of amides is 2. The molecule has 0 radical (unpaired) electrons. The average Bonchev–Trinajstić information content (AvgIpc) is 3.19. The summed E-state index contributed by atoms with van der Waals surface area (Å²) in [6.07, 6.45) is 5.06. The second kappa shape index (κ2) is 6.40. The highest BCUT2D eigenvalue weighted by atomic mass is 16.2. The summed E-state index contributed by atoms with van der Waals surface area (Å²) in [4.78, 5) is 26.1. The Morgan fingerprint density at radius 3 is 2.53 bits per heavy atom. The molecule has 4 heteroatoms. The van der Waals surface area contributed by atoms with E-state index in [2.05, 4.69) is 19.2 Å². The zero-order valence-corrected chi connectivity index (χ0v) is 12.2. The van der Waals surface area contributed by atoms with Crippen molar-refractivity contribution < 1.29 is 9.59 Å². The lowest BCUT2D eigenvalue weighted by molar-refractivity contribution is -0.135. The highest BCUT2D eigenvalue weighted by molar-refractivity contribution is 5.92. The molecule has 0 aromatic heterocycles. The molecule has 0 aromatic carbocycles. The fourth-order valence-electron chi connectivity index (χ4n) is 2.74. The third kappa shape index (κ3) is 3.71. The van der Waals surface area contributed by atoms with Crippen LogP contribution in [-0.4, -0.2) is 36.3 Å². The number of carbonyl (C=O) groups excluding carboxylic acids is 2. The monoisotopic (exact) mass is 266 g/mol. The summed E-state index contributed by atoms with van der Waals surface area (Å²) in [5.41, 5.74) is 0. The molecule has 1 N–H and O–H groups in total. The Morgan fingerprint density at radius 1 is 1.21 bits per heavy atom. The number of unbranched alkanes of at least 4 members (excludes halogenated alkanes) is 1. The summed E-state index contributed by atoms with van der Waals surface area (Å²) < 4.78 is 0. The van der Waals surface area contributed by atoms with E-state index in [0.29, 0.717) is 0 Å². The second-order valence-corrected chi connectivity index (χ2v) is 6.10. The summed E-state index contributed by atoms with van der Waals surface area (Å²) in [5, 5.41) is 2.93. The molecule has 1 aliphatic heterocycles. The molecule has 2 aliphatic rings. The molecule has 2 fully saturated rings. The predicted molar refractivity (Wildman–Crippen MR) is 74.5 cm³/mol. The number of piperidine rings is 1. The first-order valence-electron chi connectivity index (χ1n) is 7.70. The number of nitrogens with one attached hydrogen (secondary N) is 1. The molecule has 108 valence electrons. The van der Waals surface area contributed by atoms with Gasteiger partial charge in [-0.15, -0.1) is 0 Å². The normalized spacial score (nSPS) is 27.2. The van der Waals surface area contributed by atoms with E-state index in [1.807, 2.05) is 4.90 Å². The van der Waals surface area contributed by atoms with Gasteiger partial charge in [-0.2, -0.15) is 0 Å². The van der Waals surface area contributed by atoms with Crippen LogP contribution in [0.2, 0.25) is 0 Å². The van der Waals surface area contributed by atoms with Crippen LogP contribution in [0.1, 0.15) is 46.0 Å². The van der Waals surface area contributed by atoms with Crippen LogP contribution in [0.15, 0.2) is 0 Å². The van der Waals surface area contributed by atoms with Crippen molar-refractivity contribution in [3.8, 4) is 0 Å². The molecule has 1 heterocycles. The molecule has 1 saturated heterocycles. The zero-order valence-electron chi connectivity index (χ0n) is 12.2. The molecule has 1 aliphatic carbocycles. The van der Waals surface area contributed by atoms with E-state index in [1.165, 1.54) is 0 Å². The van der Waals surface area contributed by atoms with Crippen LogP contribution in [0.3, 0.4) is 0 Å². The van der Waals surface area contributed by atoms with E-state index >= 15 is 0 Å². The molecular weight excluding hydrogens is 240 g/mol. The maximum absolute atomic E-state index is 12.3. The largest absolute Gasteiger partial charge is 0.356 e. The van der Waals surface area contributed by atoms with Gasteiger partial charge in [-0.3, -0.25) is 9.59 Å². The van der Waals surface area contributed by atoms with Crippen molar-refractivity contribution in [3.05, 3.63) is 0 Å². The van der Waals surface area contributed by atoms with Gasteiger partial charge in [0.25, 0.3) is 0 Å². The minimum atomic E-state index is -0.0521. The Hall–Kier alpha value is -1.06. The lowest BCUT2D eigenvalue weighted by Crippen LogP contribution is -2.39. The Balaban J connectivity index is 1.72. The SMILES string of the molecule is CCCCNC(=O)C1CC1C(=O)N1CCC(C)CC1. The number of carbonyl (C=O) groups is 2.